The summed E-state index contributed by atoms with van der Waals surface area (Å²) in [7, 11) is 0. The third kappa shape index (κ3) is 3.45. The SMILES string of the molecule is CCCc1ccc(OCC(C)O)c2c(=O)cc(C(=O)O)sc12. The number of carbonyl (C=O) groups is 1. The van der Waals surface area contributed by atoms with Crippen molar-refractivity contribution in [3.05, 3.63) is 38.9 Å². The van der Waals surface area contributed by atoms with Crippen LogP contribution in [0.15, 0.2) is 23.0 Å². The molecule has 6 heteroatoms. The average molecular weight is 322 g/mol. The third-order valence-corrected chi connectivity index (χ3v) is 4.31. The summed E-state index contributed by atoms with van der Waals surface area (Å²) in [6.45, 7) is 3.69. The summed E-state index contributed by atoms with van der Waals surface area (Å²) in [4.78, 5) is 23.5. The molecule has 5 nitrogen and oxygen atoms in total. The van der Waals surface area contributed by atoms with Crippen LogP contribution in [-0.4, -0.2) is 28.9 Å². The van der Waals surface area contributed by atoms with Crippen molar-refractivity contribution in [1.29, 1.82) is 0 Å². The van der Waals surface area contributed by atoms with Crippen LogP contribution in [0.25, 0.3) is 10.1 Å². The highest BCUT2D eigenvalue weighted by Gasteiger charge is 2.15. The molecule has 2 N–H and O–H groups in total. The molecule has 0 aliphatic rings. The lowest BCUT2D eigenvalue weighted by atomic mass is 10.1. The minimum absolute atomic E-state index is 0.0162. The third-order valence-electron chi connectivity index (χ3n) is 3.13. The van der Waals surface area contributed by atoms with Gasteiger partial charge in [0.15, 0.2) is 5.43 Å². The first-order chi connectivity index (χ1) is 10.4. The molecule has 1 aromatic heterocycles. The van der Waals surface area contributed by atoms with Crippen molar-refractivity contribution in [3.8, 4) is 5.75 Å². The smallest absolute Gasteiger partial charge is 0.346 e. The lowest BCUT2D eigenvalue weighted by Crippen LogP contribution is -2.14. The molecule has 0 saturated carbocycles. The summed E-state index contributed by atoms with van der Waals surface area (Å²) < 4.78 is 6.15. The van der Waals surface area contributed by atoms with Crippen molar-refractivity contribution < 1.29 is 19.7 Å². The molecular formula is C16H18O5S. The Labute approximate surface area is 131 Å². The number of benzene rings is 1. The highest BCUT2D eigenvalue weighted by molar-refractivity contribution is 7.20. The highest BCUT2D eigenvalue weighted by Crippen LogP contribution is 2.31. The number of aliphatic hydroxyl groups excluding tert-OH is 1. The summed E-state index contributed by atoms with van der Waals surface area (Å²) in [6.07, 6.45) is 0.996. The predicted molar refractivity (Wildman–Crippen MR) is 86.2 cm³/mol. The van der Waals surface area contributed by atoms with E-state index in [1.54, 1.807) is 13.0 Å². The number of rotatable bonds is 6. The van der Waals surface area contributed by atoms with E-state index in [-0.39, 0.29) is 16.9 Å². The summed E-state index contributed by atoms with van der Waals surface area (Å²) >= 11 is 1.08. The second kappa shape index (κ2) is 6.89. The van der Waals surface area contributed by atoms with Gasteiger partial charge in [-0.05, 0) is 25.0 Å². The van der Waals surface area contributed by atoms with Gasteiger partial charge in [-0.15, -0.1) is 11.3 Å². The van der Waals surface area contributed by atoms with E-state index in [9.17, 15) is 14.7 Å². The van der Waals surface area contributed by atoms with Gasteiger partial charge in [-0.2, -0.15) is 0 Å². The maximum Gasteiger partial charge on any atom is 0.346 e. The van der Waals surface area contributed by atoms with Crippen LogP contribution in [0.5, 0.6) is 5.75 Å². The van der Waals surface area contributed by atoms with Crippen LogP contribution in [0.3, 0.4) is 0 Å². The monoisotopic (exact) mass is 322 g/mol. The van der Waals surface area contributed by atoms with Gasteiger partial charge in [0, 0.05) is 10.8 Å². The minimum Gasteiger partial charge on any atom is -0.490 e. The molecule has 0 fully saturated rings. The number of fused-ring (bicyclic) bond motifs is 1. The van der Waals surface area contributed by atoms with Gasteiger partial charge in [0.2, 0.25) is 0 Å². The maximum atomic E-state index is 12.3. The van der Waals surface area contributed by atoms with Gasteiger partial charge < -0.3 is 14.9 Å². The second-order valence-corrected chi connectivity index (χ2v) is 6.17. The predicted octanol–water partition coefficient (Wildman–Crippen LogP) is 2.67. The quantitative estimate of drug-likeness (QED) is 0.854. The standard InChI is InChI=1S/C16H18O5S/c1-3-4-10-5-6-12(21-8-9(2)17)14-11(18)7-13(16(19)20)22-15(10)14/h5-7,9,17H,3-4,8H2,1-2H3,(H,19,20). The van der Waals surface area contributed by atoms with E-state index in [1.807, 2.05) is 13.0 Å². The Morgan fingerprint density at radius 3 is 2.73 bits per heavy atom. The lowest BCUT2D eigenvalue weighted by molar-refractivity contribution is 0.0702. The van der Waals surface area contributed by atoms with Gasteiger partial charge in [-0.25, -0.2) is 4.79 Å². The molecule has 0 bridgehead atoms. The average Bonchev–Trinajstić information content (AvgIpc) is 2.46. The number of ether oxygens (including phenoxy) is 1. The first kappa shape index (κ1) is 16.5. The Hall–Kier alpha value is -1.92. The Bertz CT molecular complexity index is 748. The van der Waals surface area contributed by atoms with E-state index in [1.165, 1.54) is 0 Å². The first-order valence-corrected chi connectivity index (χ1v) is 7.89. The molecule has 2 rings (SSSR count). The zero-order valence-electron chi connectivity index (χ0n) is 12.5. The van der Waals surface area contributed by atoms with Crippen LogP contribution < -0.4 is 10.2 Å². The Kier molecular flexibility index (Phi) is 5.15. The molecule has 2 aromatic rings. The van der Waals surface area contributed by atoms with E-state index in [4.69, 9.17) is 9.84 Å². The number of carboxylic acids is 1. The Balaban J connectivity index is 2.67. The fourth-order valence-corrected chi connectivity index (χ4v) is 3.27. The van der Waals surface area contributed by atoms with Crippen LogP contribution in [0.1, 0.15) is 35.5 Å². The number of aryl methyl sites for hydroxylation is 1. The Morgan fingerprint density at radius 1 is 1.41 bits per heavy atom. The summed E-state index contributed by atoms with van der Waals surface area (Å²) in [5.41, 5.74) is 0.566. The molecule has 0 aliphatic carbocycles. The summed E-state index contributed by atoms with van der Waals surface area (Å²) in [5.74, 6) is -0.726. The molecule has 0 saturated heterocycles. The van der Waals surface area contributed by atoms with Crippen LogP contribution in [0.2, 0.25) is 0 Å². The molecule has 0 amide bonds. The van der Waals surface area contributed by atoms with Crippen molar-refractivity contribution in [1.82, 2.24) is 0 Å². The summed E-state index contributed by atoms with van der Waals surface area (Å²) in [6, 6.07) is 4.69. The maximum absolute atomic E-state index is 12.3. The van der Waals surface area contributed by atoms with Crippen molar-refractivity contribution >= 4 is 27.4 Å². The van der Waals surface area contributed by atoms with Gasteiger partial charge in [-0.3, -0.25) is 4.79 Å². The van der Waals surface area contributed by atoms with Crippen molar-refractivity contribution in [2.75, 3.05) is 6.61 Å². The van der Waals surface area contributed by atoms with Crippen LogP contribution in [0, 0.1) is 0 Å². The molecule has 22 heavy (non-hydrogen) atoms. The van der Waals surface area contributed by atoms with Crippen LogP contribution in [0.4, 0.5) is 0 Å². The molecular weight excluding hydrogens is 304 g/mol. The zero-order chi connectivity index (χ0) is 16.3. The molecule has 0 radical (unpaired) electrons. The van der Waals surface area contributed by atoms with Gasteiger partial charge >= 0.3 is 5.97 Å². The number of hydrogen-bond acceptors (Lipinski definition) is 5. The fraction of sp³-hybridized carbons (Fsp3) is 0.375. The molecule has 0 spiro atoms. The van der Waals surface area contributed by atoms with E-state index >= 15 is 0 Å². The molecule has 1 heterocycles. The number of aromatic carboxylic acids is 1. The van der Waals surface area contributed by atoms with Crippen LogP contribution >= 0.6 is 11.3 Å². The molecule has 118 valence electrons. The largest absolute Gasteiger partial charge is 0.490 e. The van der Waals surface area contributed by atoms with Gasteiger partial charge in [0.25, 0.3) is 0 Å². The van der Waals surface area contributed by atoms with Crippen molar-refractivity contribution in [2.45, 2.75) is 32.8 Å². The van der Waals surface area contributed by atoms with E-state index in [0.29, 0.717) is 15.8 Å². The number of hydrogen-bond donors (Lipinski definition) is 2. The van der Waals surface area contributed by atoms with Crippen molar-refractivity contribution in [2.24, 2.45) is 0 Å². The Morgan fingerprint density at radius 2 is 2.14 bits per heavy atom. The van der Waals surface area contributed by atoms with Gasteiger partial charge in [0.1, 0.15) is 17.2 Å². The molecule has 0 aliphatic heterocycles. The number of aliphatic hydroxyl groups is 1. The molecule has 1 atom stereocenters. The molecule has 1 unspecified atom stereocenters. The van der Waals surface area contributed by atoms with Gasteiger partial charge in [0.05, 0.1) is 11.5 Å². The van der Waals surface area contributed by atoms with Crippen LogP contribution in [-0.2, 0) is 6.42 Å². The zero-order valence-corrected chi connectivity index (χ0v) is 13.3. The normalized spacial score (nSPS) is 12.3. The van der Waals surface area contributed by atoms with Crippen molar-refractivity contribution in [3.63, 3.8) is 0 Å². The van der Waals surface area contributed by atoms with Gasteiger partial charge in [-0.1, -0.05) is 19.4 Å². The highest BCUT2D eigenvalue weighted by atomic mass is 32.1. The van der Waals surface area contributed by atoms with E-state index < -0.39 is 12.1 Å². The topological polar surface area (TPSA) is 83.8 Å². The first-order valence-electron chi connectivity index (χ1n) is 7.08. The number of carboxylic acid groups (broad SMARTS) is 1. The summed E-state index contributed by atoms with van der Waals surface area (Å²) in [5, 5.41) is 18.9. The van der Waals surface area contributed by atoms with E-state index in [0.717, 1.165) is 35.8 Å². The second-order valence-electron chi connectivity index (χ2n) is 5.12. The lowest BCUT2D eigenvalue weighted by Gasteiger charge is -2.13. The fourth-order valence-electron chi connectivity index (χ4n) is 2.19. The van der Waals surface area contributed by atoms with E-state index in [2.05, 4.69) is 0 Å². The molecule has 1 aromatic carbocycles. The minimum atomic E-state index is -1.11.